The van der Waals surface area contributed by atoms with Crippen molar-refractivity contribution in [2.75, 3.05) is 5.32 Å². The Bertz CT molecular complexity index is 933. The highest BCUT2D eigenvalue weighted by molar-refractivity contribution is 7.71. The molecule has 24 heavy (non-hydrogen) atoms. The fourth-order valence-electron chi connectivity index (χ4n) is 2.38. The summed E-state index contributed by atoms with van der Waals surface area (Å²) >= 11 is 5.29. The predicted molar refractivity (Wildman–Crippen MR) is 93.9 cm³/mol. The fraction of sp³-hybridized carbons (Fsp3) is 0.125. The van der Waals surface area contributed by atoms with Crippen LogP contribution in [0.15, 0.2) is 48.5 Å². The van der Waals surface area contributed by atoms with E-state index in [0.29, 0.717) is 22.8 Å². The molecular formula is C16H15N5O2S. The van der Waals surface area contributed by atoms with Crippen LogP contribution in [0.2, 0.25) is 0 Å². The summed E-state index contributed by atoms with van der Waals surface area (Å²) in [6, 6.07) is 14.4. The summed E-state index contributed by atoms with van der Waals surface area (Å²) in [4.78, 5) is 10.5. The quantitative estimate of drug-likeness (QED) is 0.419. The number of nitrogens with zero attached hydrogens (tertiary/aromatic N) is 3. The number of anilines is 1. The SMILES string of the molecule is Cc1ccc([N+](=O)[O-])cc1NCc1n[nH]c(=S)n1-c1ccccc1. The minimum Gasteiger partial charge on any atom is -0.377 e. The van der Waals surface area contributed by atoms with Gasteiger partial charge in [-0.3, -0.25) is 19.8 Å². The molecule has 0 saturated heterocycles. The van der Waals surface area contributed by atoms with E-state index in [2.05, 4.69) is 15.5 Å². The van der Waals surface area contributed by atoms with E-state index in [-0.39, 0.29) is 5.69 Å². The van der Waals surface area contributed by atoms with Crippen LogP contribution in [0.5, 0.6) is 0 Å². The highest BCUT2D eigenvalue weighted by Gasteiger charge is 2.11. The summed E-state index contributed by atoms with van der Waals surface area (Å²) in [5.74, 6) is 0.692. The lowest BCUT2D eigenvalue weighted by molar-refractivity contribution is -0.384. The second kappa shape index (κ2) is 6.63. The first-order chi connectivity index (χ1) is 11.6. The third-order valence-corrected chi connectivity index (χ3v) is 3.90. The predicted octanol–water partition coefficient (Wildman–Crippen LogP) is 3.76. The van der Waals surface area contributed by atoms with E-state index in [1.54, 1.807) is 6.07 Å². The van der Waals surface area contributed by atoms with Crippen LogP contribution in [0.3, 0.4) is 0 Å². The molecule has 0 bridgehead atoms. The van der Waals surface area contributed by atoms with Crippen molar-refractivity contribution in [2.45, 2.75) is 13.5 Å². The van der Waals surface area contributed by atoms with Crippen molar-refractivity contribution in [3.8, 4) is 5.69 Å². The topological polar surface area (TPSA) is 88.8 Å². The van der Waals surface area contributed by atoms with Gasteiger partial charge in [-0.1, -0.05) is 24.3 Å². The summed E-state index contributed by atoms with van der Waals surface area (Å²) in [6.45, 7) is 2.27. The molecule has 7 nitrogen and oxygen atoms in total. The molecule has 2 aromatic carbocycles. The standard InChI is InChI=1S/C16H15N5O2S/c1-11-7-8-13(21(22)23)9-14(11)17-10-15-18-19-16(24)20(15)12-5-3-2-4-6-12/h2-9,17H,10H2,1H3,(H,19,24). The van der Waals surface area contributed by atoms with Crippen molar-refractivity contribution in [3.05, 3.63) is 74.8 Å². The molecule has 3 rings (SSSR count). The van der Waals surface area contributed by atoms with Crippen LogP contribution in [-0.2, 0) is 6.54 Å². The highest BCUT2D eigenvalue weighted by Crippen LogP contribution is 2.22. The zero-order chi connectivity index (χ0) is 17.1. The Morgan fingerprint density at radius 3 is 2.75 bits per heavy atom. The number of benzene rings is 2. The Labute approximate surface area is 143 Å². The number of aryl methyl sites for hydroxylation is 1. The van der Waals surface area contributed by atoms with Gasteiger partial charge in [0, 0.05) is 23.5 Å². The van der Waals surface area contributed by atoms with Crippen molar-refractivity contribution >= 4 is 23.6 Å². The fourth-order valence-corrected chi connectivity index (χ4v) is 2.64. The number of H-pyrrole nitrogens is 1. The number of nitro groups is 1. The van der Waals surface area contributed by atoms with E-state index in [1.165, 1.54) is 12.1 Å². The molecule has 0 aliphatic rings. The van der Waals surface area contributed by atoms with E-state index in [1.807, 2.05) is 41.8 Å². The monoisotopic (exact) mass is 341 g/mol. The second-order valence-corrected chi connectivity index (χ2v) is 5.61. The number of hydrogen-bond donors (Lipinski definition) is 2. The Kier molecular flexibility index (Phi) is 4.39. The number of hydrogen-bond acceptors (Lipinski definition) is 5. The van der Waals surface area contributed by atoms with E-state index in [4.69, 9.17) is 12.2 Å². The number of nitro benzene ring substituents is 1. The van der Waals surface area contributed by atoms with Gasteiger partial charge in [0.2, 0.25) is 0 Å². The lowest BCUT2D eigenvalue weighted by Crippen LogP contribution is -2.08. The summed E-state index contributed by atoms with van der Waals surface area (Å²) < 4.78 is 2.32. The molecule has 0 aliphatic carbocycles. The van der Waals surface area contributed by atoms with Gasteiger partial charge in [-0.15, -0.1) is 0 Å². The molecule has 0 radical (unpaired) electrons. The van der Waals surface area contributed by atoms with Crippen molar-refractivity contribution < 1.29 is 4.92 Å². The van der Waals surface area contributed by atoms with Gasteiger partial charge in [-0.2, -0.15) is 5.10 Å². The third-order valence-electron chi connectivity index (χ3n) is 3.63. The van der Waals surface area contributed by atoms with Gasteiger partial charge in [0.25, 0.3) is 5.69 Å². The first kappa shape index (κ1) is 15.9. The smallest absolute Gasteiger partial charge is 0.271 e. The van der Waals surface area contributed by atoms with Crippen LogP contribution >= 0.6 is 12.2 Å². The maximum absolute atomic E-state index is 10.9. The zero-order valence-corrected chi connectivity index (χ0v) is 13.7. The molecule has 122 valence electrons. The number of non-ortho nitro benzene ring substituents is 1. The number of para-hydroxylation sites is 1. The largest absolute Gasteiger partial charge is 0.377 e. The van der Waals surface area contributed by atoms with E-state index >= 15 is 0 Å². The van der Waals surface area contributed by atoms with Gasteiger partial charge in [-0.05, 0) is 36.8 Å². The number of aromatic amines is 1. The Hall–Kier alpha value is -3.00. The number of rotatable bonds is 5. The van der Waals surface area contributed by atoms with E-state index in [9.17, 15) is 10.1 Å². The molecule has 0 spiro atoms. The van der Waals surface area contributed by atoms with Gasteiger partial charge in [0.1, 0.15) is 0 Å². The Balaban J connectivity index is 1.88. The zero-order valence-electron chi connectivity index (χ0n) is 12.9. The van der Waals surface area contributed by atoms with Gasteiger partial charge in [0.15, 0.2) is 10.6 Å². The summed E-state index contributed by atoms with van der Waals surface area (Å²) in [5.41, 5.74) is 2.56. The Morgan fingerprint density at radius 1 is 1.29 bits per heavy atom. The van der Waals surface area contributed by atoms with Gasteiger partial charge < -0.3 is 5.32 Å². The molecule has 2 N–H and O–H groups in total. The van der Waals surface area contributed by atoms with E-state index in [0.717, 1.165) is 11.3 Å². The van der Waals surface area contributed by atoms with Gasteiger partial charge >= 0.3 is 0 Å². The van der Waals surface area contributed by atoms with Gasteiger partial charge in [0.05, 0.1) is 11.5 Å². The molecule has 1 aromatic heterocycles. The minimum atomic E-state index is -0.412. The number of aromatic nitrogens is 3. The average molecular weight is 341 g/mol. The molecule has 0 unspecified atom stereocenters. The molecule has 0 aliphatic heterocycles. The summed E-state index contributed by atoms with van der Waals surface area (Å²) in [6.07, 6.45) is 0. The molecule has 8 heteroatoms. The van der Waals surface area contributed by atoms with Crippen LogP contribution in [0.25, 0.3) is 5.69 Å². The molecule has 0 saturated carbocycles. The van der Waals surface area contributed by atoms with E-state index < -0.39 is 4.92 Å². The summed E-state index contributed by atoms with van der Waals surface area (Å²) in [5, 5.41) is 21.1. The minimum absolute atomic E-state index is 0.0463. The molecule has 1 heterocycles. The molecule has 0 fully saturated rings. The second-order valence-electron chi connectivity index (χ2n) is 5.23. The Morgan fingerprint density at radius 2 is 2.04 bits per heavy atom. The van der Waals surface area contributed by atoms with Crippen LogP contribution in [-0.4, -0.2) is 19.7 Å². The number of nitrogens with one attached hydrogen (secondary N) is 2. The molecule has 3 aromatic rings. The van der Waals surface area contributed by atoms with Crippen LogP contribution < -0.4 is 5.32 Å². The van der Waals surface area contributed by atoms with Crippen LogP contribution in [0.4, 0.5) is 11.4 Å². The maximum Gasteiger partial charge on any atom is 0.271 e. The van der Waals surface area contributed by atoms with Gasteiger partial charge in [-0.25, -0.2) is 0 Å². The normalized spacial score (nSPS) is 10.5. The van der Waals surface area contributed by atoms with Crippen LogP contribution in [0, 0.1) is 21.8 Å². The third kappa shape index (κ3) is 3.18. The summed E-state index contributed by atoms with van der Waals surface area (Å²) in [7, 11) is 0. The lowest BCUT2D eigenvalue weighted by Gasteiger charge is -2.10. The highest BCUT2D eigenvalue weighted by atomic mass is 32.1. The lowest BCUT2D eigenvalue weighted by atomic mass is 10.2. The molecular weight excluding hydrogens is 326 g/mol. The first-order valence-corrected chi connectivity index (χ1v) is 7.67. The maximum atomic E-state index is 10.9. The molecule has 0 amide bonds. The first-order valence-electron chi connectivity index (χ1n) is 7.27. The van der Waals surface area contributed by atoms with Crippen molar-refractivity contribution in [1.82, 2.24) is 14.8 Å². The molecule has 0 atom stereocenters. The van der Waals surface area contributed by atoms with Crippen molar-refractivity contribution in [2.24, 2.45) is 0 Å². The average Bonchev–Trinajstić information content (AvgIpc) is 2.95. The van der Waals surface area contributed by atoms with Crippen molar-refractivity contribution in [1.29, 1.82) is 0 Å². The van der Waals surface area contributed by atoms with Crippen molar-refractivity contribution in [3.63, 3.8) is 0 Å². The van der Waals surface area contributed by atoms with Crippen LogP contribution in [0.1, 0.15) is 11.4 Å².